The van der Waals surface area contributed by atoms with E-state index < -0.39 is 0 Å². The van der Waals surface area contributed by atoms with Crippen LogP contribution in [0.3, 0.4) is 0 Å². The molecule has 140 valence electrons. The van der Waals surface area contributed by atoms with Gasteiger partial charge in [-0.1, -0.05) is 60.3 Å². The molecule has 1 N–H and O–H groups in total. The van der Waals surface area contributed by atoms with Crippen LogP contribution >= 0.6 is 11.8 Å². The first-order valence-corrected chi connectivity index (χ1v) is 9.66. The maximum Gasteiger partial charge on any atom is 0.253 e. The molecule has 0 saturated heterocycles. The zero-order valence-corrected chi connectivity index (χ0v) is 15.7. The largest absolute Gasteiger partial charge is 0.461 e. The van der Waals surface area contributed by atoms with Crippen LogP contribution in [0.25, 0.3) is 22.5 Å². The van der Waals surface area contributed by atoms with E-state index in [0.29, 0.717) is 18.2 Å². The number of nitrogens with zero attached hydrogens (tertiary/aromatic N) is 2. The van der Waals surface area contributed by atoms with Gasteiger partial charge < -0.3 is 4.42 Å². The molecule has 0 atom stereocenters. The van der Waals surface area contributed by atoms with E-state index >= 15 is 0 Å². The van der Waals surface area contributed by atoms with Crippen LogP contribution in [0.5, 0.6) is 0 Å². The Hall–Kier alpha value is -3.16. The number of para-hydroxylation sites is 1. The van der Waals surface area contributed by atoms with Crippen LogP contribution in [-0.4, -0.2) is 21.6 Å². The number of hydrogen-bond acceptors (Lipinski definition) is 6. The fourth-order valence-corrected chi connectivity index (χ4v) is 3.42. The van der Waals surface area contributed by atoms with Gasteiger partial charge in [-0.2, -0.15) is 0 Å². The van der Waals surface area contributed by atoms with Crippen molar-refractivity contribution >= 4 is 28.6 Å². The molecule has 0 unspecified atom stereocenters. The summed E-state index contributed by atoms with van der Waals surface area (Å²) in [5.41, 5.74) is 4.25. The Bertz CT molecular complexity index is 1070. The summed E-state index contributed by atoms with van der Waals surface area (Å²) in [6.07, 6.45) is 1.58. The first-order chi connectivity index (χ1) is 13.8. The van der Waals surface area contributed by atoms with Crippen LogP contribution in [-0.2, 0) is 16.2 Å². The number of fused-ring (bicyclic) bond motifs is 1. The standard InChI is InChI=1S/C21H17N3O3S/c25-19(24-27-13-15-7-2-1-3-8-15)14-28-21-16-9-4-5-10-17(16)22-20(23-21)18-11-6-12-26-18/h1-12H,13-14H2,(H,24,25). The van der Waals surface area contributed by atoms with Crippen LogP contribution < -0.4 is 5.48 Å². The lowest BCUT2D eigenvalue weighted by molar-refractivity contribution is -0.131. The maximum atomic E-state index is 12.1. The van der Waals surface area contributed by atoms with E-state index in [2.05, 4.69) is 15.4 Å². The van der Waals surface area contributed by atoms with Crippen molar-refractivity contribution in [2.24, 2.45) is 0 Å². The molecule has 0 bridgehead atoms. The first-order valence-electron chi connectivity index (χ1n) is 8.67. The van der Waals surface area contributed by atoms with E-state index in [9.17, 15) is 4.79 Å². The third-order valence-corrected chi connectivity index (χ3v) is 4.91. The number of hydroxylamine groups is 1. The molecular formula is C21H17N3O3S. The lowest BCUT2D eigenvalue weighted by Crippen LogP contribution is -2.25. The number of nitrogens with one attached hydrogen (secondary N) is 1. The first kappa shape index (κ1) is 18.2. The van der Waals surface area contributed by atoms with Gasteiger partial charge in [0, 0.05) is 5.39 Å². The summed E-state index contributed by atoms with van der Waals surface area (Å²) in [7, 11) is 0. The van der Waals surface area contributed by atoms with Gasteiger partial charge in [0.2, 0.25) is 0 Å². The van der Waals surface area contributed by atoms with Crippen LogP contribution in [0.2, 0.25) is 0 Å². The number of rotatable bonds is 7. The van der Waals surface area contributed by atoms with Gasteiger partial charge >= 0.3 is 0 Å². The molecule has 2 heterocycles. The summed E-state index contributed by atoms with van der Waals surface area (Å²) < 4.78 is 5.41. The second-order valence-electron chi connectivity index (χ2n) is 5.94. The normalized spacial score (nSPS) is 10.9. The quantitative estimate of drug-likeness (QED) is 0.289. The van der Waals surface area contributed by atoms with E-state index in [-0.39, 0.29) is 11.7 Å². The Morgan fingerprint density at radius 2 is 1.82 bits per heavy atom. The van der Waals surface area contributed by atoms with Crippen molar-refractivity contribution in [2.75, 3.05) is 5.75 Å². The van der Waals surface area contributed by atoms with E-state index in [4.69, 9.17) is 9.25 Å². The second kappa shape index (κ2) is 8.69. The Morgan fingerprint density at radius 3 is 2.64 bits per heavy atom. The summed E-state index contributed by atoms with van der Waals surface area (Å²) >= 11 is 1.33. The third kappa shape index (κ3) is 4.39. The minimum atomic E-state index is -0.233. The van der Waals surface area contributed by atoms with Crippen molar-refractivity contribution in [1.29, 1.82) is 0 Å². The van der Waals surface area contributed by atoms with Crippen LogP contribution in [0.1, 0.15) is 5.56 Å². The molecule has 6 nitrogen and oxygen atoms in total. The third-order valence-electron chi connectivity index (χ3n) is 3.92. The number of carbonyl (C=O) groups is 1. The summed E-state index contributed by atoms with van der Waals surface area (Å²) in [5, 5.41) is 1.61. The molecule has 0 spiro atoms. The van der Waals surface area contributed by atoms with Gasteiger partial charge in [0.1, 0.15) is 5.03 Å². The molecule has 4 aromatic rings. The van der Waals surface area contributed by atoms with Gasteiger partial charge in [-0.15, -0.1) is 0 Å². The minimum absolute atomic E-state index is 0.174. The maximum absolute atomic E-state index is 12.1. The fourth-order valence-electron chi connectivity index (χ4n) is 2.61. The molecular weight excluding hydrogens is 374 g/mol. The van der Waals surface area contributed by atoms with Crippen LogP contribution in [0, 0.1) is 0 Å². The number of thioether (sulfide) groups is 1. The number of aromatic nitrogens is 2. The van der Waals surface area contributed by atoms with Crippen LogP contribution in [0.4, 0.5) is 0 Å². The molecule has 0 saturated carbocycles. The van der Waals surface area contributed by atoms with E-state index in [1.54, 1.807) is 12.3 Å². The van der Waals surface area contributed by atoms with Crippen molar-refractivity contribution in [3.8, 4) is 11.6 Å². The van der Waals surface area contributed by atoms with Crippen molar-refractivity contribution in [3.63, 3.8) is 0 Å². The van der Waals surface area contributed by atoms with Gasteiger partial charge in [-0.3, -0.25) is 9.63 Å². The highest BCUT2D eigenvalue weighted by molar-refractivity contribution is 8.00. The minimum Gasteiger partial charge on any atom is -0.461 e. The predicted molar refractivity (Wildman–Crippen MR) is 107 cm³/mol. The molecule has 7 heteroatoms. The van der Waals surface area contributed by atoms with Crippen molar-refractivity contribution < 1.29 is 14.0 Å². The van der Waals surface area contributed by atoms with Crippen molar-refractivity contribution in [1.82, 2.24) is 15.4 Å². The molecule has 0 aliphatic rings. The molecule has 2 aromatic carbocycles. The van der Waals surface area contributed by atoms with E-state index in [1.165, 1.54) is 11.8 Å². The summed E-state index contributed by atoms with van der Waals surface area (Å²) in [6, 6.07) is 20.9. The zero-order chi connectivity index (χ0) is 19.2. The van der Waals surface area contributed by atoms with Crippen molar-refractivity contribution in [2.45, 2.75) is 11.6 Å². The molecule has 4 rings (SSSR count). The summed E-state index contributed by atoms with van der Waals surface area (Å²) in [4.78, 5) is 26.5. The SMILES string of the molecule is O=C(CSc1nc(-c2ccco2)nc2ccccc12)NOCc1ccccc1. The lowest BCUT2D eigenvalue weighted by Gasteiger charge is -2.08. The lowest BCUT2D eigenvalue weighted by atomic mass is 10.2. The highest BCUT2D eigenvalue weighted by atomic mass is 32.2. The summed E-state index contributed by atoms with van der Waals surface area (Å²) in [5.74, 6) is 1.02. The number of hydrogen-bond donors (Lipinski definition) is 1. The Balaban J connectivity index is 1.43. The van der Waals surface area contributed by atoms with Gasteiger partial charge in [0.25, 0.3) is 5.91 Å². The van der Waals surface area contributed by atoms with Gasteiger partial charge in [-0.25, -0.2) is 15.4 Å². The molecule has 2 aromatic heterocycles. The number of amides is 1. The van der Waals surface area contributed by atoms with Crippen LogP contribution in [0.15, 0.2) is 82.4 Å². The number of benzene rings is 2. The van der Waals surface area contributed by atoms with E-state index in [1.807, 2.05) is 60.7 Å². The number of carbonyl (C=O) groups excluding carboxylic acids is 1. The molecule has 0 aliphatic heterocycles. The van der Waals surface area contributed by atoms with Crippen molar-refractivity contribution in [3.05, 3.63) is 78.6 Å². The topological polar surface area (TPSA) is 77.2 Å². The zero-order valence-electron chi connectivity index (χ0n) is 14.9. The highest BCUT2D eigenvalue weighted by Crippen LogP contribution is 2.28. The highest BCUT2D eigenvalue weighted by Gasteiger charge is 2.13. The van der Waals surface area contributed by atoms with Gasteiger partial charge in [-0.05, 0) is 23.8 Å². The second-order valence-corrected chi connectivity index (χ2v) is 6.90. The summed E-state index contributed by atoms with van der Waals surface area (Å²) in [6.45, 7) is 0.316. The smallest absolute Gasteiger partial charge is 0.253 e. The molecule has 28 heavy (non-hydrogen) atoms. The Morgan fingerprint density at radius 1 is 1.00 bits per heavy atom. The van der Waals surface area contributed by atoms with E-state index in [0.717, 1.165) is 21.5 Å². The molecule has 0 aliphatic carbocycles. The average Bonchev–Trinajstić information content (AvgIpc) is 3.27. The molecule has 0 fully saturated rings. The van der Waals surface area contributed by atoms with Gasteiger partial charge in [0.05, 0.1) is 24.1 Å². The fraction of sp³-hybridized carbons (Fsp3) is 0.0952. The monoisotopic (exact) mass is 391 g/mol. The molecule has 1 amide bonds. The van der Waals surface area contributed by atoms with Gasteiger partial charge in [0.15, 0.2) is 11.6 Å². The predicted octanol–water partition coefficient (Wildman–Crippen LogP) is 4.23. The Labute approximate surface area is 165 Å². The average molecular weight is 391 g/mol. The molecule has 0 radical (unpaired) electrons. The number of furan rings is 1. The Kier molecular flexibility index (Phi) is 5.65.